The SMILES string of the molecule is O=C(CCl)Nc1ccc(F)c(C(F)F)c1. The van der Waals surface area contributed by atoms with E-state index >= 15 is 0 Å². The molecule has 1 N–H and O–H groups in total. The zero-order chi connectivity index (χ0) is 11.4. The van der Waals surface area contributed by atoms with Crippen LogP contribution in [0.4, 0.5) is 18.9 Å². The van der Waals surface area contributed by atoms with Gasteiger partial charge in [0, 0.05) is 5.69 Å². The topological polar surface area (TPSA) is 29.1 Å². The average Bonchev–Trinajstić information content (AvgIpc) is 2.20. The van der Waals surface area contributed by atoms with Crippen LogP contribution < -0.4 is 5.32 Å². The summed E-state index contributed by atoms with van der Waals surface area (Å²) in [4.78, 5) is 10.8. The van der Waals surface area contributed by atoms with Crippen LogP contribution in [0.3, 0.4) is 0 Å². The number of carbonyl (C=O) groups excluding carboxylic acids is 1. The molecule has 0 fully saturated rings. The van der Waals surface area contributed by atoms with Crippen LogP contribution in [-0.4, -0.2) is 11.8 Å². The molecule has 0 saturated heterocycles. The number of anilines is 1. The molecule has 2 nitrogen and oxygen atoms in total. The minimum atomic E-state index is -2.92. The Hall–Kier alpha value is -1.23. The summed E-state index contributed by atoms with van der Waals surface area (Å²) in [6.45, 7) is 0. The smallest absolute Gasteiger partial charge is 0.266 e. The average molecular weight is 238 g/mol. The number of benzene rings is 1. The second kappa shape index (κ2) is 5.02. The number of rotatable bonds is 3. The van der Waals surface area contributed by atoms with Gasteiger partial charge in [-0.05, 0) is 18.2 Å². The maximum absolute atomic E-state index is 12.8. The van der Waals surface area contributed by atoms with Crippen LogP contribution in [0, 0.1) is 5.82 Å². The molecule has 1 aromatic carbocycles. The molecule has 0 spiro atoms. The van der Waals surface area contributed by atoms with E-state index in [-0.39, 0.29) is 11.6 Å². The van der Waals surface area contributed by atoms with Gasteiger partial charge in [0.15, 0.2) is 0 Å². The van der Waals surface area contributed by atoms with Gasteiger partial charge in [-0.2, -0.15) is 0 Å². The predicted octanol–water partition coefficient (Wildman–Crippen LogP) is 2.94. The van der Waals surface area contributed by atoms with Crippen molar-refractivity contribution in [3.05, 3.63) is 29.6 Å². The van der Waals surface area contributed by atoms with Crippen molar-refractivity contribution < 1.29 is 18.0 Å². The highest BCUT2D eigenvalue weighted by Gasteiger charge is 2.14. The molecule has 1 amide bonds. The first kappa shape index (κ1) is 11.8. The Morgan fingerprint density at radius 3 is 2.67 bits per heavy atom. The van der Waals surface area contributed by atoms with Crippen LogP contribution in [-0.2, 0) is 4.79 Å². The molecule has 0 radical (unpaired) electrons. The van der Waals surface area contributed by atoms with Crippen molar-refractivity contribution in [2.45, 2.75) is 6.43 Å². The lowest BCUT2D eigenvalue weighted by atomic mass is 10.2. The lowest BCUT2D eigenvalue weighted by Crippen LogP contribution is -2.12. The number of hydrogen-bond donors (Lipinski definition) is 1. The monoisotopic (exact) mass is 237 g/mol. The Morgan fingerprint density at radius 1 is 1.47 bits per heavy atom. The van der Waals surface area contributed by atoms with E-state index in [4.69, 9.17) is 11.6 Å². The molecular weight excluding hydrogens is 231 g/mol. The van der Waals surface area contributed by atoms with E-state index in [0.717, 1.165) is 12.1 Å². The normalized spacial score (nSPS) is 10.5. The van der Waals surface area contributed by atoms with Crippen LogP contribution in [0.25, 0.3) is 0 Å². The van der Waals surface area contributed by atoms with Gasteiger partial charge < -0.3 is 5.32 Å². The fraction of sp³-hybridized carbons (Fsp3) is 0.222. The Kier molecular flexibility index (Phi) is 3.96. The van der Waals surface area contributed by atoms with Crippen LogP contribution in [0.15, 0.2) is 18.2 Å². The predicted molar refractivity (Wildman–Crippen MR) is 50.7 cm³/mol. The Balaban J connectivity index is 2.92. The first-order valence-corrected chi connectivity index (χ1v) is 4.51. The standard InChI is InChI=1S/C9H7ClF3NO/c10-4-8(15)14-5-1-2-7(11)6(3-5)9(12)13/h1-3,9H,4H2,(H,14,15). The minimum Gasteiger partial charge on any atom is -0.325 e. The van der Waals surface area contributed by atoms with E-state index in [9.17, 15) is 18.0 Å². The molecule has 15 heavy (non-hydrogen) atoms. The summed E-state index contributed by atoms with van der Waals surface area (Å²) < 4.78 is 37.3. The second-order valence-electron chi connectivity index (χ2n) is 2.72. The van der Waals surface area contributed by atoms with Gasteiger partial charge in [-0.25, -0.2) is 13.2 Å². The number of alkyl halides is 3. The van der Waals surface area contributed by atoms with Gasteiger partial charge in [-0.3, -0.25) is 4.79 Å². The Bertz CT molecular complexity index is 370. The van der Waals surface area contributed by atoms with Crippen molar-refractivity contribution in [1.82, 2.24) is 0 Å². The third-order valence-electron chi connectivity index (χ3n) is 1.64. The lowest BCUT2D eigenvalue weighted by Gasteiger charge is -2.06. The molecule has 0 heterocycles. The molecule has 1 aromatic rings. The lowest BCUT2D eigenvalue weighted by molar-refractivity contribution is -0.113. The minimum absolute atomic E-state index is 0.0948. The molecule has 0 saturated carbocycles. The molecule has 0 aliphatic rings. The number of nitrogens with one attached hydrogen (secondary N) is 1. The highest BCUT2D eigenvalue weighted by molar-refractivity contribution is 6.29. The van der Waals surface area contributed by atoms with Crippen molar-refractivity contribution in [1.29, 1.82) is 0 Å². The van der Waals surface area contributed by atoms with Crippen LogP contribution in [0.1, 0.15) is 12.0 Å². The van der Waals surface area contributed by atoms with Gasteiger partial charge in [0.05, 0.1) is 5.56 Å². The number of hydrogen-bond acceptors (Lipinski definition) is 1. The zero-order valence-corrected chi connectivity index (χ0v) is 8.19. The summed E-state index contributed by atoms with van der Waals surface area (Å²) in [5, 5.41) is 2.24. The number of amides is 1. The summed E-state index contributed by atoms with van der Waals surface area (Å²) in [6, 6.07) is 2.93. The molecule has 0 bridgehead atoms. The van der Waals surface area contributed by atoms with E-state index in [1.807, 2.05) is 0 Å². The van der Waals surface area contributed by atoms with Crippen molar-refractivity contribution in [3.8, 4) is 0 Å². The Morgan fingerprint density at radius 2 is 2.13 bits per heavy atom. The Labute approximate surface area is 89.0 Å². The van der Waals surface area contributed by atoms with Gasteiger partial charge in [0.2, 0.25) is 5.91 Å². The fourth-order valence-corrected chi connectivity index (χ4v) is 1.05. The largest absolute Gasteiger partial charge is 0.325 e. The summed E-state index contributed by atoms with van der Waals surface area (Å²) in [5.41, 5.74) is -0.653. The van der Waals surface area contributed by atoms with Gasteiger partial charge in [0.25, 0.3) is 6.43 Å². The molecule has 82 valence electrons. The van der Waals surface area contributed by atoms with Crippen molar-refractivity contribution >= 4 is 23.2 Å². The highest BCUT2D eigenvalue weighted by Crippen LogP contribution is 2.24. The maximum atomic E-state index is 12.8. The van der Waals surface area contributed by atoms with Gasteiger partial charge in [-0.15, -0.1) is 11.6 Å². The number of carbonyl (C=O) groups is 1. The van der Waals surface area contributed by atoms with E-state index in [2.05, 4.69) is 5.32 Å². The van der Waals surface area contributed by atoms with E-state index in [1.165, 1.54) is 6.07 Å². The third kappa shape index (κ3) is 3.13. The number of halogens is 4. The van der Waals surface area contributed by atoms with E-state index in [0.29, 0.717) is 0 Å². The van der Waals surface area contributed by atoms with E-state index < -0.39 is 23.7 Å². The molecule has 0 unspecified atom stereocenters. The van der Waals surface area contributed by atoms with Crippen LogP contribution in [0.5, 0.6) is 0 Å². The molecule has 1 rings (SSSR count). The third-order valence-corrected chi connectivity index (χ3v) is 1.88. The zero-order valence-electron chi connectivity index (χ0n) is 7.44. The molecule has 0 aliphatic heterocycles. The molecule has 6 heteroatoms. The highest BCUT2D eigenvalue weighted by atomic mass is 35.5. The molecule has 0 atom stereocenters. The summed E-state index contributed by atoms with van der Waals surface area (Å²) in [5.74, 6) is -1.83. The van der Waals surface area contributed by atoms with Crippen molar-refractivity contribution in [2.24, 2.45) is 0 Å². The summed E-state index contributed by atoms with van der Waals surface area (Å²) in [6.07, 6.45) is -2.92. The van der Waals surface area contributed by atoms with Crippen LogP contribution >= 0.6 is 11.6 Å². The second-order valence-corrected chi connectivity index (χ2v) is 2.99. The first-order chi connectivity index (χ1) is 7.04. The molecule has 0 aromatic heterocycles. The van der Waals surface area contributed by atoms with Gasteiger partial charge in [-0.1, -0.05) is 0 Å². The fourth-order valence-electron chi connectivity index (χ4n) is 0.983. The van der Waals surface area contributed by atoms with Gasteiger partial charge >= 0.3 is 0 Å². The van der Waals surface area contributed by atoms with Crippen LogP contribution in [0.2, 0.25) is 0 Å². The van der Waals surface area contributed by atoms with Crippen molar-refractivity contribution in [3.63, 3.8) is 0 Å². The van der Waals surface area contributed by atoms with E-state index in [1.54, 1.807) is 0 Å². The molecular formula is C9H7ClF3NO. The first-order valence-electron chi connectivity index (χ1n) is 3.98. The van der Waals surface area contributed by atoms with Crippen molar-refractivity contribution in [2.75, 3.05) is 11.2 Å². The maximum Gasteiger partial charge on any atom is 0.266 e. The molecule has 0 aliphatic carbocycles. The van der Waals surface area contributed by atoms with Gasteiger partial charge in [0.1, 0.15) is 11.7 Å². The summed E-state index contributed by atoms with van der Waals surface area (Å²) in [7, 11) is 0. The summed E-state index contributed by atoms with van der Waals surface area (Å²) >= 11 is 5.20. The quantitative estimate of drug-likeness (QED) is 0.805.